The van der Waals surface area contributed by atoms with Crippen LogP contribution in [0, 0.1) is 26.4 Å². The molecule has 3 heteroatoms. The Bertz CT molecular complexity index is 1280. The van der Waals surface area contributed by atoms with Gasteiger partial charge in [0.15, 0.2) is 5.69 Å². The fraction of sp³-hybridized carbons (Fsp3) is 0.0769. The molecule has 0 amide bonds. The van der Waals surface area contributed by atoms with Gasteiger partial charge in [-0.1, -0.05) is 67.0 Å². The number of aryl methyl sites for hydroxylation is 2. The molecule has 1 heterocycles. The number of hydrogen-bond donors (Lipinski definition) is 0. The van der Waals surface area contributed by atoms with Crippen LogP contribution in [0.3, 0.4) is 0 Å². The molecule has 1 aromatic heterocycles. The third-order valence-electron chi connectivity index (χ3n) is 4.74. The van der Waals surface area contributed by atoms with Gasteiger partial charge < -0.3 is 4.98 Å². The fourth-order valence-electron chi connectivity index (χ4n) is 3.20. The van der Waals surface area contributed by atoms with Crippen molar-refractivity contribution in [3.8, 4) is 33.5 Å². The molecule has 0 saturated carbocycles. The zero-order chi connectivity index (χ0) is 22.0. The van der Waals surface area contributed by atoms with E-state index < -0.39 is 6.85 Å². The molecule has 0 unspecified atom stereocenters. The van der Waals surface area contributed by atoms with E-state index >= 15 is 0 Å². The average molecular weight is 555 g/mol. The summed E-state index contributed by atoms with van der Waals surface area (Å²) >= 11 is 0. The minimum Gasteiger partial charge on any atom is -0.304 e. The van der Waals surface area contributed by atoms with Crippen LogP contribution in [0.5, 0.6) is 0 Å². The van der Waals surface area contributed by atoms with Crippen LogP contribution in [0.1, 0.15) is 15.2 Å². The maximum atomic E-state index is 7.89. The molecule has 1 radical (unpaired) electrons. The minimum absolute atomic E-state index is 0. The normalized spacial score (nSPS) is 12.1. The van der Waals surface area contributed by atoms with Crippen LogP contribution in [0.25, 0.3) is 38.4 Å². The van der Waals surface area contributed by atoms with E-state index in [0.29, 0.717) is 16.9 Å². The summed E-state index contributed by atoms with van der Waals surface area (Å²) in [5.74, 6) is 0. The Morgan fingerprint density at radius 2 is 1.72 bits per heavy atom. The van der Waals surface area contributed by atoms with E-state index in [2.05, 4.69) is 15.9 Å². The molecule has 4 rings (SSSR count). The minimum atomic E-state index is -2.23. The average Bonchev–Trinajstić information content (AvgIpc) is 2.79. The summed E-state index contributed by atoms with van der Waals surface area (Å²) in [5.41, 5.74) is 6.75. The van der Waals surface area contributed by atoms with E-state index in [1.165, 1.54) is 0 Å². The topological polar surface area (TPSA) is 17.2 Å². The number of hydrogen-bond acceptors (Lipinski definition) is 1. The van der Waals surface area contributed by atoms with Gasteiger partial charge in [-0.2, -0.15) is 0 Å². The molecule has 0 aliphatic carbocycles. The Labute approximate surface area is 189 Å². The second-order valence-corrected chi connectivity index (χ2v) is 6.58. The molecule has 0 saturated heterocycles. The SMILES string of the molecule is [2H]C([2H])([2H])c1c[c-]c(-c2ccc(-c3cc([N+]#[C-])ccc3C)cn2)cc1-c1ccccc1.[Ir]. The zero-order valence-corrected chi connectivity index (χ0v) is 18.1. The predicted molar refractivity (Wildman–Crippen MR) is 115 cm³/mol. The summed E-state index contributed by atoms with van der Waals surface area (Å²) in [5, 5.41) is 0. The van der Waals surface area contributed by atoms with Gasteiger partial charge in [0.05, 0.1) is 6.57 Å². The van der Waals surface area contributed by atoms with Crippen molar-refractivity contribution in [1.29, 1.82) is 0 Å². The Morgan fingerprint density at radius 3 is 2.41 bits per heavy atom. The standard InChI is InChI=1S/C26H19N2.Ir/c1-18-9-11-21(15-24(18)20-7-5-4-6-8-20)26-14-12-22(17-28-26)25-16-23(27-3)13-10-19(25)2;/h4-10,12-17H,1-2H3;/q-1;/i1D3;. The molecule has 0 aliphatic heterocycles. The summed E-state index contributed by atoms with van der Waals surface area (Å²) in [4.78, 5) is 8.11. The van der Waals surface area contributed by atoms with E-state index in [4.69, 9.17) is 10.7 Å². The van der Waals surface area contributed by atoms with Crippen molar-refractivity contribution < 1.29 is 24.2 Å². The second-order valence-electron chi connectivity index (χ2n) is 6.58. The van der Waals surface area contributed by atoms with E-state index in [1.807, 2.05) is 67.6 Å². The molecular formula is C26H19IrN2-. The Kier molecular flexibility index (Phi) is 5.21. The van der Waals surface area contributed by atoms with Gasteiger partial charge in [-0.15, -0.1) is 29.3 Å². The van der Waals surface area contributed by atoms with Crippen LogP contribution in [-0.2, 0) is 20.1 Å². The third kappa shape index (κ3) is 4.35. The number of benzene rings is 3. The molecule has 0 atom stereocenters. The first-order valence-corrected chi connectivity index (χ1v) is 8.93. The van der Waals surface area contributed by atoms with Crippen molar-refractivity contribution in [2.24, 2.45) is 0 Å². The van der Waals surface area contributed by atoms with Gasteiger partial charge >= 0.3 is 0 Å². The molecule has 0 aliphatic rings. The van der Waals surface area contributed by atoms with Crippen LogP contribution in [0.2, 0.25) is 0 Å². The van der Waals surface area contributed by atoms with Gasteiger partial charge in [-0.25, -0.2) is 4.85 Å². The Morgan fingerprint density at radius 1 is 0.931 bits per heavy atom. The molecule has 0 bridgehead atoms. The molecule has 29 heavy (non-hydrogen) atoms. The number of aromatic nitrogens is 1. The van der Waals surface area contributed by atoms with Crippen LogP contribution in [-0.4, -0.2) is 4.98 Å². The van der Waals surface area contributed by atoms with Crippen LogP contribution in [0.4, 0.5) is 5.69 Å². The molecule has 2 nitrogen and oxygen atoms in total. The number of pyridine rings is 1. The maximum absolute atomic E-state index is 7.89. The summed E-state index contributed by atoms with van der Waals surface area (Å²) < 4.78 is 23.7. The molecular weight excluding hydrogens is 533 g/mol. The van der Waals surface area contributed by atoms with E-state index in [0.717, 1.165) is 27.8 Å². The van der Waals surface area contributed by atoms with E-state index in [1.54, 1.807) is 18.3 Å². The van der Waals surface area contributed by atoms with Gasteiger partial charge in [-0.3, -0.25) is 0 Å². The van der Waals surface area contributed by atoms with Crippen molar-refractivity contribution in [3.63, 3.8) is 0 Å². The number of nitrogens with zero attached hydrogens (tertiary/aromatic N) is 2. The van der Waals surface area contributed by atoms with Crippen molar-refractivity contribution in [1.82, 2.24) is 4.98 Å². The van der Waals surface area contributed by atoms with Crippen LogP contribution < -0.4 is 0 Å². The molecule has 3 aromatic carbocycles. The Balaban J connectivity index is 0.00000289. The quantitative estimate of drug-likeness (QED) is 0.248. The second kappa shape index (κ2) is 8.97. The molecule has 0 N–H and O–H groups in total. The first kappa shape index (κ1) is 16.9. The van der Waals surface area contributed by atoms with Crippen LogP contribution >= 0.6 is 0 Å². The smallest absolute Gasteiger partial charge is 0.187 e. The van der Waals surface area contributed by atoms with Gasteiger partial charge in [0.25, 0.3) is 0 Å². The monoisotopic (exact) mass is 555 g/mol. The van der Waals surface area contributed by atoms with Crippen molar-refractivity contribution in [3.05, 3.63) is 108 Å². The first-order chi connectivity index (χ1) is 14.9. The van der Waals surface area contributed by atoms with Gasteiger partial charge in [0.1, 0.15) is 0 Å². The first-order valence-electron chi connectivity index (χ1n) is 10.4. The summed E-state index contributed by atoms with van der Waals surface area (Å²) in [7, 11) is 0. The molecule has 0 spiro atoms. The number of rotatable bonds is 3. The van der Waals surface area contributed by atoms with Crippen molar-refractivity contribution in [2.75, 3.05) is 0 Å². The van der Waals surface area contributed by atoms with Gasteiger partial charge in [0.2, 0.25) is 0 Å². The Hall–Kier alpha value is -3.05. The van der Waals surface area contributed by atoms with Gasteiger partial charge in [0, 0.05) is 30.4 Å². The predicted octanol–water partition coefficient (Wildman–Crippen LogP) is 7.05. The summed E-state index contributed by atoms with van der Waals surface area (Å²) in [6, 6.07) is 25.4. The summed E-state index contributed by atoms with van der Waals surface area (Å²) in [6.45, 7) is 7.01. The van der Waals surface area contributed by atoms with E-state index in [9.17, 15) is 0 Å². The van der Waals surface area contributed by atoms with Gasteiger partial charge in [-0.05, 0) is 40.9 Å². The molecule has 143 valence electrons. The third-order valence-corrected chi connectivity index (χ3v) is 4.74. The summed E-state index contributed by atoms with van der Waals surface area (Å²) in [6.07, 6.45) is 1.78. The van der Waals surface area contributed by atoms with Crippen molar-refractivity contribution in [2.45, 2.75) is 13.8 Å². The maximum Gasteiger partial charge on any atom is 0.187 e. The fourth-order valence-corrected chi connectivity index (χ4v) is 3.20. The zero-order valence-electron chi connectivity index (χ0n) is 18.7. The van der Waals surface area contributed by atoms with Crippen molar-refractivity contribution >= 4 is 5.69 Å². The molecule has 0 fully saturated rings. The van der Waals surface area contributed by atoms with Crippen LogP contribution in [0.15, 0.2) is 79.0 Å². The molecule has 4 aromatic rings. The van der Waals surface area contributed by atoms with E-state index in [-0.39, 0.29) is 25.7 Å². The largest absolute Gasteiger partial charge is 0.304 e.